The topological polar surface area (TPSA) is 47.3 Å². The van der Waals surface area contributed by atoms with Crippen molar-refractivity contribution in [1.82, 2.24) is 10.3 Å². The summed E-state index contributed by atoms with van der Waals surface area (Å²) < 4.78 is 11.4. The first kappa shape index (κ1) is 14.1. The van der Waals surface area contributed by atoms with E-state index in [-0.39, 0.29) is 0 Å². The van der Waals surface area contributed by atoms with Crippen molar-refractivity contribution in [1.29, 1.82) is 0 Å². The maximum atomic E-state index is 5.86. The lowest BCUT2D eigenvalue weighted by molar-refractivity contribution is 0.357. The molecule has 0 spiro atoms. The average molecular weight is 286 g/mol. The molecule has 4 heteroatoms. The van der Waals surface area contributed by atoms with Crippen molar-refractivity contribution in [3.63, 3.8) is 0 Å². The third kappa shape index (κ3) is 3.45. The van der Waals surface area contributed by atoms with Crippen molar-refractivity contribution < 1.29 is 9.15 Å². The zero-order valence-corrected chi connectivity index (χ0v) is 12.5. The summed E-state index contributed by atoms with van der Waals surface area (Å²) in [5, 5.41) is 3.39. The molecule has 1 aromatic heterocycles. The van der Waals surface area contributed by atoms with Crippen LogP contribution in [0.5, 0.6) is 5.75 Å². The number of nitrogens with zero attached hydrogens (tertiary/aromatic N) is 1. The van der Waals surface area contributed by atoms with Gasteiger partial charge in [0.2, 0.25) is 0 Å². The predicted octanol–water partition coefficient (Wildman–Crippen LogP) is 3.21. The highest BCUT2D eigenvalue weighted by Gasteiger charge is 2.14. The Bertz CT molecular complexity index is 592. The summed E-state index contributed by atoms with van der Waals surface area (Å²) in [6.45, 7) is 5.05. The van der Waals surface area contributed by atoms with Gasteiger partial charge in [-0.15, -0.1) is 0 Å². The minimum Gasteiger partial charge on any atom is -0.493 e. The summed E-state index contributed by atoms with van der Waals surface area (Å²) in [6, 6.07) is 6.21. The molecule has 0 atom stereocenters. The normalized spacial score (nSPS) is 13.2. The summed E-state index contributed by atoms with van der Waals surface area (Å²) in [5.41, 5.74) is 2.34. The van der Waals surface area contributed by atoms with Gasteiger partial charge in [-0.1, -0.05) is 6.92 Å². The zero-order valence-electron chi connectivity index (χ0n) is 12.5. The standard InChI is InChI=1S/C17H22N2O2/c1-2-8-18-9-3-4-17-19-12-16(21-17)13-5-6-15-14(11-13)7-10-20-15/h5-6,11-12,18H,2-4,7-10H2,1H3. The highest BCUT2D eigenvalue weighted by molar-refractivity contribution is 5.60. The van der Waals surface area contributed by atoms with Gasteiger partial charge in [-0.25, -0.2) is 4.98 Å². The summed E-state index contributed by atoms with van der Waals surface area (Å²) in [5.74, 6) is 2.67. The van der Waals surface area contributed by atoms with Crippen LogP contribution >= 0.6 is 0 Å². The van der Waals surface area contributed by atoms with E-state index in [4.69, 9.17) is 9.15 Å². The second-order valence-electron chi connectivity index (χ2n) is 5.39. The Morgan fingerprint density at radius 3 is 3.14 bits per heavy atom. The molecular weight excluding hydrogens is 264 g/mol. The maximum absolute atomic E-state index is 5.86. The molecule has 112 valence electrons. The maximum Gasteiger partial charge on any atom is 0.194 e. The molecule has 0 bridgehead atoms. The van der Waals surface area contributed by atoms with Crippen LogP contribution in [0.3, 0.4) is 0 Å². The highest BCUT2D eigenvalue weighted by Crippen LogP contribution is 2.30. The first-order chi connectivity index (χ1) is 10.4. The number of benzene rings is 1. The van der Waals surface area contributed by atoms with Gasteiger partial charge in [0.05, 0.1) is 12.8 Å². The van der Waals surface area contributed by atoms with Crippen LogP contribution < -0.4 is 10.1 Å². The minimum atomic E-state index is 0.783. The van der Waals surface area contributed by atoms with Crippen LogP contribution in [0.1, 0.15) is 31.2 Å². The van der Waals surface area contributed by atoms with Crippen LogP contribution in [-0.2, 0) is 12.8 Å². The molecule has 0 saturated carbocycles. The van der Waals surface area contributed by atoms with E-state index in [9.17, 15) is 0 Å². The molecule has 4 nitrogen and oxygen atoms in total. The quantitative estimate of drug-likeness (QED) is 0.794. The number of nitrogens with one attached hydrogen (secondary N) is 1. The van der Waals surface area contributed by atoms with Gasteiger partial charge < -0.3 is 14.5 Å². The Balaban J connectivity index is 1.59. The van der Waals surface area contributed by atoms with Gasteiger partial charge in [0, 0.05) is 18.4 Å². The molecule has 0 fully saturated rings. The minimum absolute atomic E-state index is 0.783. The lowest BCUT2D eigenvalue weighted by Gasteiger charge is -2.01. The summed E-state index contributed by atoms with van der Waals surface area (Å²) in [7, 11) is 0. The van der Waals surface area contributed by atoms with Crippen LogP contribution in [0.25, 0.3) is 11.3 Å². The molecule has 1 aromatic carbocycles. The molecule has 21 heavy (non-hydrogen) atoms. The molecule has 1 N–H and O–H groups in total. The second kappa shape index (κ2) is 6.76. The summed E-state index contributed by atoms with van der Waals surface area (Å²) >= 11 is 0. The molecule has 0 unspecified atom stereocenters. The lowest BCUT2D eigenvalue weighted by atomic mass is 10.1. The summed E-state index contributed by atoms with van der Waals surface area (Å²) in [6.07, 6.45) is 5.91. The molecule has 1 aliphatic heterocycles. The summed E-state index contributed by atoms with van der Waals surface area (Å²) in [4.78, 5) is 4.38. The van der Waals surface area contributed by atoms with E-state index in [0.717, 1.165) is 61.9 Å². The molecule has 0 saturated heterocycles. The van der Waals surface area contributed by atoms with E-state index in [1.165, 1.54) is 12.0 Å². The fraction of sp³-hybridized carbons (Fsp3) is 0.471. The van der Waals surface area contributed by atoms with E-state index in [0.29, 0.717) is 0 Å². The lowest BCUT2D eigenvalue weighted by Crippen LogP contribution is -2.16. The Morgan fingerprint density at radius 2 is 2.24 bits per heavy atom. The second-order valence-corrected chi connectivity index (χ2v) is 5.39. The number of hydrogen-bond donors (Lipinski definition) is 1. The van der Waals surface area contributed by atoms with Crippen LogP contribution in [0.15, 0.2) is 28.8 Å². The number of ether oxygens (including phenoxy) is 1. The van der Waals surface area contributed by atoms with Crippen molar-refractivity contribution in [2.75, 3.05) is 19.7 Å². The molecule has 1 aliphatic rings. The number of hydrogen-bond acceptors (Lipinski definition) is 4. The van der Waals surface area contributed by atoms with Gasteiger partial charge in [0.15, 0.2) is 11.7 Å². The van der Waals surface area contributed by atoms with Gasteiger partial charge in [-0.05, 0) is 49.7 Å². The van der Waals surface area contributed by atoms with Crippen LogP contribution in [-0.4, -0.2) is 24.7 Å². The van der Waals surface area contributed by atoms with Crippen LogP contribution in [0.2, 0.25) is 0 Å². The Labute approximate surface area is 125 Å². The SMILES string of the molecule is CCCNCCCc1ncc(-c2ccc3c(c2)CCO3)o1. The van der Waals surface area contributed by atoms with E-state index >= 15 is 0 Å². The molecule has 0 radical (unpaired) electrons. The molecule has 2 heterocycles. The monoisotopic (exact) mass is 286 g/mol. The smallest absolute Gasteiger partial charge is 0.194 e. The third-order valence-electron chi connectivity index (χ3n) is 3.70. The average Bonchev–Trinajstić information content (AvgIpc) is 3.15. The van der Waals surface area contributed by atoms with Crippen molar-refractivity contribution in [3.8, 4) is 17.1 Å². The molecule has 3 rings (SSSR count). The Morgan fingerprint density at radius 1 is 1.29 bits per heavy atom. The van der Waals surface area contributed by atoms with Crippen molar-refractivity contribution in [2.24, 2.45) is 0 Å². The van der Waals surface area contributed by atoms with Crippen molar-refractivity contribution >= 4 is 0 Å². The first-order valence-corrected chi connectivity index (χ1v) is 7.78. The first-order valence-electron chi connectivity index (χ1n) is 7.78. The fourth-order valence-electron chi connectivity index (χ4n) is 2.57. The Hall–Kier alpha value is -1.81. The van der Waals surface area contributed by atoms with Crippen LogP contribution in [0.4, 0.5) is 0 Å². The van der Waals surface area contributed by atoms with Crippen LogP contribution in [0, 0.1) is 0 Å². The Kier molecular flexibility index (Phi) is 4.55. The van der Waals surface area contributed by atoms with E-state index in [2.05, 4.69) is 23.3 Å². The molecule has 0 aliphatic carbocycles. The highest BCUT2D eigenvalue weighted by atomic mass is 16.5. The largest absolute Gasteiger partial charge is 0.493 e. The number of aryl methyl sites for hydroxylation is 1. The number of fused-ring (bicyclic) bond motifs is 1. The van der Waals surface area contributed by atoms with Crippen molar-refractivity contribution in [3.05, 3.63) is 35.9 Å². The zero-order chi connectivity index (χ0) is 14.5. The van der Waals surface area contributed by atoms with Gasteiger partial charge in [-0.2, -0.15) is 0 Å². The predicted molar refractivity (Wildman–Crippen MR) is 82.6 cm³/mol. The van der Waals surface area contributed by atoms with Crippen molar-refractivity contribution in [2.45, 2.75) is 32.6 Å². The number of rotatable bonds is 7. The molecule has 0 amide bonds. The van der Waals surface area contributed by atoms with Gasteiger partial charge >= 0.3 is 0 Å². The van der Waals surface area contributed by atoms with Gasteiger partial charge in [-0.3, -0.25) is 0 Å². The van der Waals surface area contributed by atoms with E-state index in [1.54, 1.807) is 0 Å². The number of oxazole rings is 1. The molecular formula is C17H22N2O2. The third-order valence-corrected chi connectivity index (χ3v) is 3.70. The van der Waals surface area contributed by atoms with Gasteiger partial charge in [0.1, 0.15) is 5.75 Å². The van der Waals surface area contributed by atoms with E-state index in [1.807, 2.05) is 18.3 Å². The fourth-order valence-corrected chi connectivity index (χ4v) is 2.57. The van der Waals surface area contributed by atoms with Gasteiger partial charge in [0.25, 0.3) is 0 Å². The molecule has 2 aromatic rings. The number of aromatic nitrogens is 1. The van der Waals surface area contributed by atoms with E-state index < -0.39 is 0 Å².